The van der Waals surface area contributed by atoms with Gasteiger partial charge in [0, 0.05) is 64.5 Å². The molecule has 0 atom stereocenters. The Morgan fingerprint density at radius 1 is 0.474 bits per heavy atom. The maximum atomic E-state index is 14.7. The van der Waals surface area contributed by atoms with Gasteiger partial charge in [0.25, 0.3) is 11.8 Å². The zero-order valence-electron chi connectivity index (χ0n) is 38.9. The largest absolute Gasteiger partial charge is 0.505 e. The Labute approximate surface area is 436 Å². The third-order valence-corrected chi connectivity index (χ3v) is 14.1. The number of H-pyrrole nitrogens is 2. The molecule has 13 rings (SSSR count). The van der Waals surface area contributed by atoms with Crippen LogP contribution >= 0.6 is 23.2 Å². The molecule has 2 heterocycles. The number of benzene rings is 10. The number of anilines is 2. The lowest BCUT2D eigenvalue weighted by Gasteiger charge is -2.12. The van der Waals surface area contributed by atoms with Crippen molar-refractivity contribution < 1.29 is 33.4 Å². The van der Waals surface area contributed by atoms with Crippen molar-refractivity contribution in [1.82, 2.24) is 9.97 Å². The monoisotopic (exact) mass is 1040 g/mol. The van der Waals surface area contributed by atoms with E-state index in [4.69, 9.17) is 23.2 Å². The highest BCUT2D eigenvalue weighted by molar-refractivity contribution is 6.33. The summed E-state index contributed by atoms with van der Waals surface area (Å²) in [4.78, 5) is 48.6. The third kappa shape index (κ3) is 7.55. The van der Waals surface area contributed by atoms with E-state index in [0.29, 0.717) is 64.9 Å². The predicted octanol–water partition coefficient (Wildman–Crippen LogP) is 16.8. The van der Waals surface area contributed by atoms with Crippen molar-refractivity contribution in [2.75, 3.05) is 10.6 Å². The van der Waals surface area contributed by atoms with Crippen LogP contribution < -0.4 is 10.6 Å². The highest BCUT2D eigenvalue weighted by atomic mass is 35.5. The number of hydrogen-bond acceptors (Lipinski definition) is 9. The minimum atomic E-state index is -0.788. The first-order valence-electron chi connectivity index (χ1n) is 23.4. The van der Waals surface area contributed by atoms with Crippen LogP contribution in [0.25, 0.3) is 76.3 Å². The molecule has 6 N–H and O–H groups in total. The van der Waals surface area contributed by atoms with Gasteiger partial charge in [0.15, 0.2) is 17.3 Å². The number of phenols is 2. The van der Waals surface area contributed by atoms with Gasteiger partial charge in [-0.1, -0.05) is 83.9 Å². The summed E-state index contributed by atoms with van der Waals surface area (Å²) in [6.45, 7) is 0. The third-order valence-electron chi connectivity index (χ3n) is 13.6. The summed E-state index contributed by atoms with van der Waals surface area (Å²) in [5.74, 6) is -4.29. The molecule has 0 unspecified atom stereocenters. The Bertz CT molecular complexity index is 4360. The van der Waals surface area contributed by atoms with Gasteiger partial charge in [-0.3, -0.25) is 14.4 Å². The van der Waals surface area contributed by atoms with E-state index in [1.807, 2.05) is 36.4 Å². The summed E-state index contributed by atoms with van der Waals surface area (Å²) in [5, 5.41) is 53.1. The Kier molecular flexibility index (Phi) is 10.7. The number of nitrogens with zero attached hydrogens (tertiary/aromatic N) is 4. The van der Waals surface area contributed by atoms with Crippen LogP contribution in [-0.2, 0) is 0 Å². The van der Waals surface area contributed by atoms with Crippen molar-refractivity contribution >= 4 is 140 Å². The molecule has 0 aliphatic heterocycles. The summed E-state index contributed by atoms with van der Waals surface area (Å²) in [6, 6.07) is 42.3. The molecule has 1 aliphatic carbocycles. The number of ketones is 1. The quantitative estimate of drug-likeness (QED) is 0.0822. The van der Waals surface area contributed by atoms with Crippen LogP contribution in [0.15, 0.2) is 178 Å². The summed E-state index contributed by atoms with van der Waals surface area (Å²) in [6.07, 6.45) is 0. The number of para-hydroxylation sites is 2. The summed E-state index contributed by atoms with van der Waals surface area (Å²) in [5.41, 5.74) is 4.36. The van der Waals surface area contributed by atoms with E-state index in [9.17, 15) is 33.4 Å². The first-order chi connectivity index (χ1) is 36.9. The standard InChI is InChI=1S/C59H32Cl2F2N8O5/c60-29-11-19-45-37(23-29)35-15-9-27-21-41(58(75)66-47-7-3-1-5-43(47)62)56(73)53(49(27)51(35)64-45)70-68-31-13-17-33-34-18-14-32(26-40(34)55(72)39(33)25-31)69-71-54-50-28(10-16-36-38-24-30(61)12-20-46(38)65-52(36)50)22-42(57(54)74)59(76)67-48-8-4-2-6-44(48)63/h1-26,64-65,73-74H,(H,66,75)(H,67,76). The molecule has 0 radical (unpaired) electrons. The normalized spacial score (nSPS) is 12.3. The number of phenolic OH excluding ortho intramolecular Hbond substituents is 2. The molecular formula is C59H32Cl2F2N8O5. The van der Waals surface area contributed by atoms with Crippen molar-refractivity contribution in [1.29, 1.82) is 0 Å². The maximum Gasteiger partial charge on any atom is 0.259 e. The molecule has 366 valence electrons. The van der Waals surface area contributed by atoms with Crippen LogP contribution in [-0.4, -0.2) is 37.8 Å². The molecule has 0 saturated heterocycles. The Balaban J connectivity index is 0.867. The molecular weight excluding hydrogens is 1010 g/mol. The predicted molar refractivity (Wildman–Crippen MR) is 292 cm³/mol. The summed E-state index contributed by atoms with van der Waals surface area (Å²) < 4.78 is 29.4. The second-order valence-corrected chi connectivity index (χ2v) is 19.0. The molecule has 0 fully saturated rings. The first-order valence-corrected chi connectivity index (χ1v) is 24.2. The Morgan fingerprint density at radius 2 is 0.908 bits per heavy atom. The van der Waals surface area contributed by atoms with Crippen molar-refractivity contribution in [3.8, 4) is 22.6 Å². The molecule has 0 bridgehead atoms. The fraction of sp³-hybridized carbons (Fsp3) is 0. The van der Waals surface area contributed by atoms with Crippen LogP contribution in [0.1, 0.15) is 36.6 Å². The van der Waals surface area contributed by atoms with Gasteiger partial charge >= 0.3 is 0 Å². The van der Waals surface area contributed by atoms with Crippen molar-refractivity contribution in [3.63, 3.8) is 0 Å². The van der Waals surface area contributed by atoms with Crippen molar-refractivity contribution in [2.24, 2.45) is 20.5 Å². The van der Waals surface area contributed by atoms with Crippen molar-refractivity contribution in [3.05, 3.63) is 202 Å². The summed E-state index contributed by atoms with van der Waals surface area (Å²) in [7, 11) is 0. The number of nitrogens with one attached hydrogen (secondary N) is 4. The highest BCUT2D eigenvalue weighted by Gasteiger charge is 2.29. The number of hydrogen-bond donors (Lipinski definition) is 6. The van der Waals surface area contributed by atoms with E-state index in [0.717, 1.165) is 32.6 Å². The molecule has 12 aromatic rings. The number of aromatic nitrogens is 2. The number of carbonyl (C=O) groups excluding carboxylic acids is 3. The molecule has 10 aromatic carbocycles. The van der Waals surface area contributed by atoms with E-state index in [1.165, 1.54) is 48.5 Å². The van der Waals surface area contributed by atoms with Crippen molar-refractivity contribution in [2.45, 2.75) is 0 Å². The van der Waals surface area contributed by atoms with Crippen LogP contribution in [0, 0.1) is 11.6 Å². The smallest absolute Gasteiger partial charge is 0.259 e. The molecule has 0 saturated carbocycles. The average molecular weight is 1040 g/mol. The molecule has 17 heteroatoms. The van der Waals surface area contributed by atoms with Gasteiger partial charge in [-0.2, -0.15) is 10.2 Å². The van der Waals surface area contributed by atoms with Crippen LogP contribution in [0.2, 0.25) is 10.0 Å². The molecule has 2 amide bonds. The van der Waals surface area contributed by atoms with Crippen LogP contribution in [0.3, 0.4) is 0 Å². The molecule has 76 heavy (non-hydrogen) atoms. The zero-order valence-corrected chi connectivity index (χ0v) is 40.4. The number of halogens is 4. The summed E-state index contributed by atoms with van der Waals surface area (Å²) >= 11 is 12.8. The van der Waals surface area contributed by atoms with Gasteiger partial charge < -0.3 is 30.8 Å². The van der Waals surface area contributed by atoms with Crippen LogP contribution in [0.4, 0.5) is 42.9 Å². The first kappa shape index (κ1) is 46.0. The van der Waals surface area contributed by atoms with Gasteiger partial charge in [0.05, 0.1) is 44.9 Å². The van der Waals surface area contributed by atoms with E-state index >= 15 is 0 Å². The lowest BCUT2D eigenvalue weighted by atomic mass is 10.00. The molecule has 2 aromatic heterocycles. The number of amides is 2. The number of azo groups is 2. The Hall–Kier alpha value is -9.83. The fourth-order valence-corrected chi connectivity index (χ4v) is 10.4. The van der Waals surface area contributed by atoms with Crippen LogP contribution in [0.5, 0.6) is 11.5 Å². The lowest BCUT2D eigenvalue weighted by Crippen LogP contribution is -2.13. The lowest BCUT2D eigenvalue weighted by molar-refractivity contribution is 0.101. The SMILES string of the molecule is O=C1c2cc(N=Nc3c(O)c(C(=O)Nc4ccccc4F)cc4ccc5c6cc(Cl)ccc6[nH]c5c34)ccc2-c2ccc(N=Nc3c(O)c(C(=O)Nc4ccccc4F)cc4ccc5c6cc(Cl)ccc6[nH]c5c34)cc21. The average Bonchev–Trinajstić information content (AvgIpc) is 4.07. The number of carbonyl (C=O) groups is 3. The van der Waals surface area contributed by atoms with Gasteiger partial charge in [0.1, 0.15) is 23.0 Å². The number of fused-ring (bicyclic) bond motifs is 13. The zero-order chi connectivity index (χ0) is 52.1. The minimum absolute atomic E-state index is 0.0608. The second-order valence-electron chi connectivity index (χ2n) is 18.1. The molecule has 13 nitrogen and oxygen atoms in total. The molecule has 1 aliphatic rings. The van der Waals surface area contributed by atoms with Gasteiger partial charge in [-0.15, -0.1) is 10.2 Å². The van der Waals surface area contributed by atoms with Gasteiger partial charge in [-0.05, 0) is 119 Å². The fourth-order valence-electron chi connectivity index (χ4n) is 10.0. The van der Waals surface area contributed by atoms with E-state index in [2.05, 4.69) is 41.1 Å². The number of aromatic amines is 2. The maximum absolute atomic E-state index is 14.7. The molecule has 0 spiro atoms. The minimum Gasteiger partial charge on any atom is -0.505 e. The number of aromatic hydroxyl groups is 2. The number of rotatable bonds is 8. The van der Waals surface area contributed by atoms with Gasteiger partial charge in [0.2, 0.25) is 0 Å². The Morgan fingerprint density at radius 3 is 1.34 bits per heavy atom. The highest BCUT2D eigenvalue weighted by Crippen LogP contribution is 2.48. The van der Waals surface area contributed by atoms with E-state index < -0.39 is 34.9 Å². The van der Waals surface area contributed by atoms with E-state index in [1.54, 1.807) is 72.8 Å². The van der Waals surface area contributed by atoms with E-state index in [-0.39, 0.29) is 51.0 Å². The second kappa shape index (κ2) is 17.7. The van der Waals surface area contributed by atoms with Gasteiger partial charge in [-0.25, -0.2) is 8.78 Å². The topological polar surface area (TPSA) is 197 Å².